The molecule has 0 fully saturated rings. The smallest absolute Gasteiger partial charge is 0.302 e. The molecule has 0 saturated carbocycles. The molecular formula is C10H25BrN2O3P+. The van der Waals surface area contributed by atoms with E-state index in [2.05, 4.69) is 0 Å². The minimum absolute atomic E-state index is 0. The van der Waals surface area contributed by atoms with E-state index in [1.54, 1.807) is 0 Å². The Hall–Kier alpha value is 0.420. The number of rotatable bonds is 8. The van der Waals surface area contributed by atoms with Crippen LogP contribution in [-0.2, 0) is 13.6 Å². The second kappa shape index (κ2) is 10.4. The third-order valence-corrected chi connectivity index (χ3v) is 2.74. The molecule has 0 saturated heterocycles. The highest BCUT2D eigenvalue weighted by Gasteiger charge is 2.29. The van der Waals surface area contributed by atoms with E-state index in [4.69, 9.17) is 20.5 Å². The van der Waals surface area contributed by atoms with Crippen LogP contribution in [0.15, 0.2) is 0 Å². The molecule has 0 aromatic carbocycles. The molecule has 2 atom stereocenters. The van der Waals surface area contributed by atoms with E-state index in [1.165, 1.54) is 0 Å². The summed E-state index contributed by atoms with van der Waals surface area (Å²) in [6.07, 6.45) is 0.165. The standard InChI is InChI=1S/C10H24N2O3P.BrH/c1-7(2)5-9(11)14-16(13)15-10(12)6-8(3)4;/h7-10H,5-6,11-12H2,1-4H3;1H/q+1;. The summed E-state index contributed by atoms with van der Waals surface area (Å²) in [4.78, 5) is 0. The molecule has 4 N–H and O–H groups in total. The molecule has 0 aromatic rings. The van der Waals surface area contributed by atoms with Crippen molar-refractivity contribution in [3.05, 3.63) is 0 Å². The summed E-state index contributed by atoms with van der Waals surface area (Å²) in [6.45, 7) is 8.06. The lowest BCUT2D eigenvalue weighted by atomic mass is 10.1. The van der Waals surface area contributed by atoms with Gasteiger partial charge in [-0.3, -0.25) is 0 Å². The summed E-state index contributed by atoms with van der Waals surface area (Å²) in [5.74, 6) is 0.783. The van der Waals surface area contributed by atoms with Gasteiger partial charge >= 0.3 is 8.25 Å². The Morgan fingerprint density at radius 3 is 1.47 bits per heavy atom. The molecule has 7 heteroatoms. The minimum atomic E-state index is -2.22. The van der Waals surface area contributed by atoms with Crippen LogP contribution in [0.5, 0.6) is 0 Å². The van der Waals surface area contributed by atoms with Gasteiger partial charge in [-0.1, -0.05) is 27.7 Å². The first-order valence-electron chi connectivity index (χ1n) is 5.63. The number of nitrogens with two attached hydrogens (primary N) is 2. The highest BCUT2D eigenvalue weighted by Crippen LogP contribution is 2.28. The van der Waals surface area contributed by atoms with Crippen molar-refractivity contribution in [2.24, 2.45) is 23.3 Å². The summed E-state index contributed by atoms with van der Waals surface area (Å²) < 4.78 is 21.4. The van der Waals surface area contributed by atoms with Gasteiger partial charge in [-0.05, 0) is 24.7 Å². The molecule has 17 heavy (non-hydrogen) atoms. The van der Waals surface area contributed by atoms with Crippen LogP contribution >= 0.6 is 25.2 Å². The fourth-order valence-electron chi connectivity index (χ4n) is 1.26. The molecule has 0 aromatic heterocycles. The van der Waals surface area contributed by atoms with Crippen molar-refractivity contribution < 1.29 is 13.6 Å². The molecule has 0 rings (SSSR count). The summed E-state index contributed by atoms with van der Waals surface area (Å²) in [6, 6.07) is 0. The molecule has 2 unspecified atom stereocenters. The van der Waals surface area contributed by atoms with Crippen molar-refractivity contribution in [1.29, 1.82) is 0 Å². The van der Waals surface area contributed by atoms with Crippen molar-refractivity contribution in [2.45, 2.75) is 53.0 Å². The summed E-state index contributed by atoms with van der Waals surface area (Å²) in [7, 11) is -2.22. The van der Waals surface area contributed by atoms with E-state index in [1.807, 2.05) is 27.7 Å². The van der Waals surface area contributed by atoms with Crippen LogP contribution < -0.4 is 11.5 Å². The molecule has 0 aliphatic rings. The van der Waals surface area contributed by atoms with Gasteiger partial charge in [-0.15, -0.1) is 26.0 Å². The molecule has 5 nitrogen and oxygen atoms in total. The van der Waals surface area contributed by atoms with Crippen LogP contribution in [0.4, 0.5) is 0 Å². The fraction of sp³-hybridized carbons (Fsp3) is 1.00. The average Bonchev–Trinajstić information content (AvgIpc) is 1.97. The van der Waals surface area contributed by atoms with Crippen LogP contribution in [0.25, 0.3) is 0 Å². The molecule has 0 aliphatic heterocycles. The molecule has 104 valence electrons. The molecule has 0 radical (unpaired) electrons. The first-order valence-corrected chi connectivity index (χ1v) is 6.72. The third-order valence-electron chi connectivity index (χ3n) is 1.85. The van der Waals surface area contributed by atoms with Crippen LogP contribution in [0.1, 0.15) is 40.5 Å². The maximum absolute atomic E-state index is 11.4. The molecule has 0 amide bonds. The molecular weight excluding hydrogens is 307 g/mol. The monoisotopic (exact) mass is 331 g/mol. The van der Waals surface area contributed by atoms with Crippen LogP contribution in [0.3, 0.4) is 0 Å². The number of hydrogen-bond donors (Lipinski definition) is 2. The second-order valence-corrected chi connectivity index (χ2v) is 5.64. The van der Waals surface area contributed by atoms with Crippen molar-refractivity contribution in [2.75, 3.05) is 0 Å². The largest absolute Gasteiger partial charge is 0.700 e. The van der Waals surface area contributed by atoms with Crippen molar-refractivity contribution in [3.63, 3.8) is 0 Å². The van der Waals surface area contributed by atoms with Crippen LogP contribution in [0, 0.1) is 11.8 Å². The minimum Gasteiger partial charge on any atom is -0.302 e. The molecule has 0 spiro atoms. The zero-order valence-electron chi connectivity index (χ0n) is 11.0. The first-order chi connectivity index (χ1) is 7.31. The topological polar surface area (TPSA) is 87.6 Å². The molecule has 0 bridgehead atoms. The van der Waals surface area contributed by atoms with E-state index in [0.717, 1.165) is 0 Å². The van der Waals surface area contributed by atoms with Crippen LogP contribution in [-0.4, -0.2) is 12.5 Å². The highest BCUT2D eigenvalue weighted by atomic mass is 79.9. The highest BCUT2D eigenvalue weighted by molar-refractivity contribution is 8.93. The SMILES string of the molecule is Br.CC(C)CC(N)O[P+](=O)OC(N)CC(C)C. The van der Waals surface area contributed by atoms with E-state index < -0.39 is 20.7 Å². The fourth-order valence-corrected chi connectivity index (χ4v) is 1.93. The van der Waals surface area contributed by atoms with Gasteiger partial charge in [0.25, 0.3) is 0 Å². The molecule has 0 heterocycles. The lowest BCUT2D eigenvalue weighted by molar-refractivity contribution is 0.114. The van der Waals surface area contributed by atoms with E-state index in [-0.39, 0.29) is 17.0 Å². The Bertz CT molecular complexity index is 198. The summed E-state index contributed by atoms with van der Waals surface area (Å²) in [5.41, 5.74) is 11.3. The Morgan fingerprint density at radius 2 is 1.24 bits per heavy atom. The van der Waals surface area contributed by atoms with E-state index >= 15 is 0 Å². The summed E-state index contributed by atoms with van der Waals surface area (Å²) in [5, 5.41) is 0. The number of hydrogen-bond acceptors (Lipinski definition) is 5. The quantitative estimate of drug-likeness (QED) is 0.527. The van der Waals surface area contributed by atoms with Gasteiger partial charge in [0, 0.05) is 4.57 Å². The van der Waals surface area contributed by atoms with Crippen molar-refractivity contribution >= 4 is 25.2 Å². The van der Waals surface area contributed by atoms with Gasteiger partial charge in [0.2, 0.25) is 0 Å². The van der Waals surface area contributed by atoms with Gasteiger partial charge in [0.05, 0.1) is 0 Å². The van der Waals surface area contributed by atoms with Crippen LogP contribution in [0.2, 0.25) is 0 Å². The maximum atomic E-state index is 11.4. The normalized spacial score (nSPS) is 15.6. The van der Waals surface area contributed by atoms with Gasteiger partial charge in [0.1, 0.15) is 0 Å². The van der Waals surface area contributed by atoms with Gasteiger partial charge in [-0.25, -0.2) is 0 Å². The van der Waals surface area contributed by atoms with Crippen molar-refractivity contribution in [3.8, 4) is 0 Å². The van der Waals surface area contributed by atoms with Gasteiger partial charge < -0.3 is 11.5 Å². The third kappa shape index (κ3) is 12.7. The average molecular weight is 332 g/mol. The lowest BCUT2D eigenvalue weighted by Gasteiger charge is -2.09. The lowest BCUT2D eigenvalue weighted by Crippen LogP contribution is -2.26. The Morgan fingerprint density at radius 1 is 0.941 bits per heavy atom. The zero-order chi connectivity index (χ0) is 12.7. The van der Waals surface area contributed by atoms with Gasteiger partial charge in [-0.2, -0.15) is 0 Å². The second-order valence-electron chi connectivity index (χ2n) is 4.77. The van der Waals surface area contributed by atoms with E-state index in [0.29, 0.717) is 24.7 Å². The Kier molecular flexibility index (Phi) is 12.0. The van der Waals surface area contributed by atoms with Gasteiger partial charge in [0.15, 0.2) is 12.5 Å². The first kappa shape index (κ1) is 19.8. The van der Waals surface area contributed by atoms with E-state index in [9.17, 15) is 4.57 Å². The van der Waals surface area contributed by atoms with Crippen molar-refractivity contribution in [1.82, 2.24) is 0 Å². The summed E-state index contributed by atoms with van der Waals surface area (Å²) >= 11 is 0. The number of halogens is 1. The Labute approximate surface area is 115 Å². The Balaban J connectivity index is 0. The molecule has 0 aliphatic carbocycles. The predicted molar refractivity (Wildman–Crippen MR) is 75.0 cm³/mol. The zero-order valence-corrected chi connectivity index (χ0v) is 13.6. The maximum Gasteiger partial charge on any atom is 0.700 e. The predicted octanol–water partition coefficient (Wildman–Crippen LogP) is 2.92.